The number of carbonyl (C=O) groups excluding carboxylic acids is 1. The lowest BCUT2D eigenvalue weighted by Gasteiger charge is -2.36. The van der Waals surface area contributed by atoms with Crippen LogP contribution in [0, 0.1) is 0 Å². The van der Waals surface area contributed by atoms with Crippen molar-refractivity contribution >= 4 is 11.9 Å². The number of anilines is 1. The summed E-state index contributed by atoms with van der Waals surface area (Å²) in [6, 6.07) is 4.13. The summed E-state index contributed by atoms with van der Waals surface area (Å²) in [5.74, 6) is 0.759. The number of amides is 1. The minimum absolute atomic E-state index is 0.178. The lowest BCUT2D eigenvalue weighted by Crippen LogP contribution is -2.46. The van der Waals surface area contributed by atoms with E-state index >= 15 is 0 Å². The molecule has 1 unspecified atom stereocenters. The summed E-state index contributed by atoms with van der Waals surface area (Å²) < 4.78 is 5.51. The number of hydrogen-bond acceptors (Lipinski definition) is 3. The molecule has 1 aliphatic rings. The number of rotatable bonds is 1. The molecular formula is C15H22N2O2. The Morgan fingerprint density at radius 1 is 1.53 bits per heavy atom. The van der Waals surface area contributed by atoms with Crippen LogP contribution in [0.5, 0.6) is 0 Å². The Kier molecular flexibility index (Phi) is 3.78. The van der Waals surface area contributed by atoms with Gasteiger partial charge in [0, 0.05) is 12.2 Å². The van der Waals surface area contributed by atoms with Gasteiger partial charge in [-0.15, -0.1) is 0 Å². The van der Waals surface area contributed by atoms with Gasteiger partial charge in [-0.1, -0.05) is 13.0 Å². The molecule has 104 valence electrons. The molecular weight excluding hydrogens is 240 g/mol. The summed E-state index contributed by atoms with van der Waals surface area (Å²) in [6.07, 6.45) is 4.29. The Morgan fingerprint density at radius 2 is 2.26 bits per heavy atom. The molecule has 1 aliphatic heterocycles. The Hall–Kier alpha value is -1.58. The molecule has 0 saturated carbocycles. The zero-order valence-electron chi connectivity index (χ0n) is 12.1. The van der Waals surface area contributed by atoms with Crippen molar-refractivity contribution in [3.8, 4) is 0 Å². The zero-order chi connectivity index (χ0) is 14.0. The van der Waals surface area contributed by atoms with Crippen LogP contribution in [0.25, 0.3) is 0 Å². The first-order valence-corrected chi connectivity index (χ1v) is 6.88. The summed E-state index contributed by atoms with van der Waals surface area (Å²) in [4.78, 5) is 18.5. The molecule has 19 heavy (non-hydrogen) atoms. The van der Waals surface area contributed by atoms with Crippen molar-refractivity contribution in [2.24, 2.45) is 0 Å². The predicted octanol–water partition coefficient (Wildman–Crippen LogP) is 3.55. The van der Waals surface area contributed by atoms with Crippen molar-refractivity contribution in [2.75, 3.05) is 4.90 Å². The largest absolute Gasteiger partial charge is 0.443 e. The number of carbonyl (C=O) groups is 1. The first-order chi connectivity index (χ1) is 8.92. The van der Waals surface area contributed by atoms with Gasteiger partial charge in [-0.05, 0) is 51.7 Å². The number of aromatic nitrogens is 1. The molecule has 4 nitrogen and oxygen atoms in total. The zero-order valence-corrected chi connectivity index (χ0v) is 12.1. The highest BCUT2D eigenvalue weighted by molar-refractivity contribution is 5.88. The monoisotopic (exact) mass is 262 g/mol. The van der Waals surface area contributed by atoms with Crippen molar-refractivity contribution in [1.82, 2.24) is 4.98 Å². The van der Waals surface area contributed by atoms with E-state index < -0.39 is 5.60 Å². The highest BCUT2D eigenvalue weighted by Gasteiger charge is 2.33. The van der Waals surface area contributed by atoms with E-state index in [9.17, 15) is 4.79 Å². The minimum Gasteiger partial charge on any atom is -0.443 e. The molecule has 2 heterocycles. The van der Waals surface area contributed by atoms with Crippen molar-refractivity contribution < 1.29 is 9.53 Å². The second-order valence-electron chi connectivity index (χ2n) is 5.94. The number of aryl methyl sites for hydroxylation is 1. The lowest BCUT2D eigenvalue weighted by molar-refractivity contribution is 0.0558. The van der Waals surface area contributed by atoms with Gasteiger partial charge in [0.25, 0.3) is 0 Å². The highest BCUT2D eigenvalue weighted by Crippen LogP contribution is 2.31. The average molecular weight is 262 g/mol. The fourth-order valence-electron chi connectivity index (χ4n) is 2.40. The average Bonchev–Trinajstić information content (AvgIpc) is 2.35. The van der Waals surface area contributed by atoms with E-state index in [4.69, 9.17) is 4.74 Å². The Labute approximate surface area is 114 Å². The van der Waals surface area contributed by atoms with E-state index in [0.717, 1.165) is 30.6 Å². The molecule has 0 aromatic carbocycles. The molecule has 1 aromatic heterocycles. The molecule has 2 rings (SSSR count). The van der Waals surface area contributed by atoms with Gasteiger partial charge in [0.1, 0.15) is 11.4 Å². The first kappa shape index (κ1) is 13.8. The topological polar surface area (TPSA) is 42.4 Å². The van der Waals surface area contributed by atoms with Crippen LogP contribution in [-0.4, -0.2) is 22.7 Å². The Bertz CT molecular complexity index is 465. The van der Waals surface area contributed by atoms with Crippen LogP contribution in [-0.2, 0) is 11.2 Å². The van der Waals surface area contributed by atoms with E-state index in [-0.39, 0.29) is 12.1 Å². The van der Waals surface area contributed by atoms with Gasteiger partial charge in [0.05, 0.1) is 0 Å². The molecule has 1 atom stereocenters. The third kappa shape index (κ3) is 3.06. The summed E-state index contributed by atoms with van der Waals surface area (Å²) >= 11 is 0. The summed E-state index contributed by atoms with van der Waals surface area (Å²) in [5, 5.41) is 0. The summed E-state index contributed by atoms with van der Waals surface area (Å²) in [7, 11) is 0. The van der Waals surface area contributed by atoms with Gasteiger partial charge < -0.3 is 4.74 Å². The fourth-order valence-corrected chi connectivity index (χ4v) is 2.40. The number of nitrogens with zero attached hydrogens (tertiary/aromatic N) is 2. The van der Waals surface area contributed by atoms with E-state index in [0.29, 0.717) is 0 Å². The van der Waals surface area contributed by atoms with Crippen LogP contribution in [0.2, 0.25) is 0 Å². The molecule has 4 heteroatoms. The van der Waals surface area contributed by atoms with Crippen LogP contribution < -0.4 is 4.90 Å². The number of pyridine rings is 1. The van der Waals surface area contributed by atoms with E-state index in [2.05, 4.69) is 11.9 Å². The molecule has 0 N–H and O–H groups in total. The second-order valence-corrected chi connectivity index (χ2v) is 5.94. The standard InChI is InChI=1S/C15H22N2O2/c1-5-12-9-8-11-7-6-10-16-13(11)17(12)14(18)19-15(2,3)4/h6-7,10,12H,5,8-9H2,1-4H3. The Balaban J connectivity index is 2.32. The van der Waals surface area contributed by atoms with Crippen LogP contribution in [0.3, 0.4) is 0 Å². The second kappa shape index (κ2) is 5.19. The van der Waals surface area contributed by atoms with Gasteiger partial charge in [-0.3, -0.25) is 4.90 Å². The fraction of sp³-hybridized carbons (Fsp3) is 0.600. The van der Waals surface area contributed by atoms with Crippen molar-refractivity contribution in [1.29, 1.82) is 0 Å². The minimum atomic E-state index is -0.484. The summed E-state index contributed by atoms with van der Waals surface area (Å²) in [5.41, 5.74) is 0.639. The van der Waals surface area contributed by atoms with Crippen molar-refractivity contribution in [2.45, 2.75) is 58.6 Å². The number of hydrogen-bond donors (Lipinski definition) is 0. The quantitative estimate of drug-likeness (QED) is 0.777. The third-order valence-corrected chi connectivity index (χ3v) is 3.27. The van der Waals surface area contributed by atoms with Crippen LogP contribution in [0.4, 0.5) is 10.6 Å². The molecule has 0 bridgehead atoms. The van der Waals surface area contributed by atoms with Gasteiger partial charge >= 0.3 is 6.09 Å². The Morgan fingerprint density at radius 3 is 2.89 bits per heavy atom. The normalized spacial score (nSPS) is 18.9. The maximum atomic E-state index is 12.4. The van der Waals surface area contributed by atoms with Crippen LogP contribution in [0.15, 0.2) is 18.3 Å². The smallest absolute Gasteiger partial charge is 0.416 e. The van der Waals surface area contributed by atoms with Crippen molar-refractivity contribution in [3.63, 3.8) is 0 Å². The maximum absolute atomic E-state index is 12.4. The van der Waals surface area contributed by atoms with Crippen LogP contribution >= 0.6 is 0 Å². The molecule has 0 saturated heterocycles. The van der Waals surface area contributed by atoms with Gasteiger partial charge in [0.2, 0.25) is 0 Å². The molecule has 0 fully saturated rings. The summed E-state index contributed by atoms with van der Waals surface area (Å²) in [6.45, 7) is 7.75. The molecule has 1 amide bonds. The van der Waals surface area contributed by atoms with Crippen molar-refractivity contribution in [3.05, 3.63) is 23.9 Å². The molecule has 1 aromatic rings. The lowest BCUT2D eigenvalue weighted by atomic mass is 9.97. The molecule has 0 aliphatic carbocycles. The van der Waals surface area contributed by atoms with E-state index in [1.807, 2.05) is 32.9 Å². The van der Waals surface area contributed by atoms with Gasteiger partial charge in [-0.2, -0.15) is 0 Å². The predicted molar refractivity (Wildman–Crippen MR) is 75.4 cm³/mol. The SMILES string of the molecule is CCC1CCc2cccnc2N1C(=O)OC(C)(C)C. The van der Waals surface area contributed by atoms with E-state index in [1.54, 1.807) is 11.1 Å². The van der Waals surface area contributed by atoms with Gasteiger partial charge in [0.15, 0.2) is 0 Å². The maximum Gasteiger partial charge on any atom is 0.416 e. The number of ether oxygens (including phenoxy) is 1. The van der Waals surface area contributed by atoms with Crippen LogP contribution in [0.1, 0.15) is 46.1 Å². The van der Waals surface area contributed by atoms with E-state index in [1.165, 1.54) is 0 Å². The molecule has 0 radical (unpaired) electrons. The molecule has 0 spiro atoms. The highest BCUT2D eigenvalue weighted by atomic mass is 16.6. The third-order valence-electron chi connectivity index (χ3n) is 3.27. The van der Waals surface area contributed by atoms with Gasteiger partial charge in [-0.25, -0.2) is 9.78 Å². The number of fused-ring (bicyclic) bond motifs is 1. The first-order valence-electron chi connectivity index (χ1n) is 6.88.